The topological polar surface area (TPSA) is 86.8 Å². The Kier molecular flexibility index (Phi) is 9.88. The number of hydrogen-bond acceptors (Lipinski definition) is 4. The molecule has 3 rings (SSSR count). The van der Waals surface area contributed by atoms with E-state index in [-0.39, 0.29) is 34.1 Å². The summed E-state index contributed by atoms with van der Waals surface area (Å²) in [5, 5.41) is 2.60. The molecule has 0 heterocycles. The lowest BCUT2D eigenvalue weighted by Crippen LogP contribution is -2.52. The minimum Gasteiger partial charge on any atom is -0.352 e. The molecule has 0 aromatic heterocycles. The van der Waals surface area contributed by atoms with Crippen molar-refractivity contribution in [1.82, 2.24) is 10.2 Å². The van der Waals surface area contributed by atoms with Gasteiger partial charge in [0.2, 0.25) is 11.8 Å². The van der Waals surface area contributed by atoms with Crippen LogP contribution in [0.3, 0.4) is 0 Å². The van der Waals surface area contributed by atoms with Gasteiger partial charge in [-0.05, 0) is 56.2 Å². The Bertz CT molecular complexity index is 1360. The second-order valence-electron chi connectivity index (χ2n) is 8.92. The number of nitrogens with one attached hydrogen (secondary N) is 1. The molecule has 0 bridgehead atoms. The Morgan fingerprint density at radius 2 is 1.58 bits per heavy atom. The molecule has 38 heavy (non-hydrogen) atoms. The van der Waals surface area contributed by atoms with Gasteiger partial charge < -0.3 is 10.2 Å². The maximum absolute atomic E-state index is 13.9. The third-order valence-corrected chi connectivity index (χ3v) is 8.24. The van der Waals surface area contributed by atoms with Crippen molar-refractivity contribution in [2.24, 2.45) is 0 Å². The van der Waals surface area contributed by atoms with Crippen molar-refractivity contribution < 1.29 is 22.4 Å². The largest absolute Gasteiger partial charge is 0.352 e. The fourth-order valence-corrected chi connectivity index (χ4v) is 5.32. The van der Waals surface area contributed by atoms with Gasteiger partial charge in [-0.3, -0.25) is 13.9 Å². The smallest absolute Gasteiger partial charge is 0.264 e. The maximum Gasteiger partial charge on any atom is 0.264 e. The number of hydrogen-bond donors (Lipinski definition) is 1. The predicted molar refractivity (Wildman–Crippen MR) is 147 cm³/mol. The predicted octanol–water partition coefficient (Wildman–Crippen LogP) is 5.01. The Hall–Kier alpha value is -3.43. The third-order valence-electron chi connectivity index (χ3n) is 6.17. The Labute approximate surface area is 228 Å². The molecule has 0 aliphatic rings. The number of nitrogens with zero attached hydrogens (tertiary/aromatic N) is 2. The molecule has 1 N–H and O–H groups in total. The van der Waals surface area contributed by atoms with Crippen LogP contribution in [0.2, 0.25) is 5.02 Å². The highest BCUT2D eigenvalue weighted by Crippen LogP contribution is 2.28. The highest BCUT2D eigenvalue weighted by molar-refractivity contribution is 7.92. The Morgan fingerprint density at radius 3 is 2.16 bits per heavy atom. The van der Waals surface area contributed by atoms with Crippen LogP contribution >= 0.6 is 11.6 Å². The molecule has 2 unspecified atom stereocenters. The molecule has 0 radical (unpaired) electrons. The van der Waals surface area contributed by atoms with Gasteiger partial charge in [0.05, 0.1) is 15.6 Å². The molecule has 2 atom stereocenters. The Balaban J connectivity index is 2.02. The molecule has 202 valence electrons. The van der Waals surface area contributed by atoms with Crippen LogP contribution in [0.1, 0.15) is 32.8 Å². The summed E-state index contributed by atoms with van der Waals surface area (Å²) < 4.78 is 42.2. The van der Waals surface area contributed by atoms with Gasteiger partial charge in [-0.1, -0.05) is 67.1 Å². The van der Waals surface area contributed by atoms with E-state index in [9.17, 15) is 22.4 Å². The first kappa shape index (κ1) is 29.1. The van der Waals surface area contributed by atoms with E-state index >= 15 is 0 Å². The van der Waals surface area contributed by atoms with Crippen LogP contribution in [-0.2, 0) is 26.2 Å². The van der Waals surface area contributed by atoms with E-state index in [4.69, 9.17) is 11.6 Å². The molecule has 0 aliphatic heterocycles. The van der Waals surface area contributed by atoms with Gasteiger partial charge in [0.1, 0.15) is 18.4 Å². The molecular formula is C28H31ClFN3O4S. The summed E-state index contributed by atoms with van der Waals surface area (Å²) in [5.41, 5.74) is 0.788. The van der Waals surface area contributed by atoms with Gasteiger partial charge in [-0.15, -0.1) is 0 Å². The van der Waals surface area contributed by atoms with Crippen molar-refractivity contribution >= 4 is 39.1 Å². The molecule has 3 aromatic rings. The van der Waals surface area contributed by atoms with Gasteiger partial charge in [0.25, 0.3) is 10.0 Å². The summed E-state index contributed by atoms with van der Waals surface area (Å²) in [6.45, 7) is 4.84. The van der Waals surface area contributed by atoms with Gasteiger partial charge in [0.15, 0.2) is 0 Å². The summed E-state index contributed by atoms with van der Waals surface area (Å²) in [6.07, 6.45) is 0.708. The quantitative estimate of drug-likeness (QED) is 0.358. The summed E-state index contributed by atoms with van der Waals surface area (Å²) in [4.78, 5) is 28.1. The maximum atomic E-state index is 13.9. The number of rotatable bonds is 11. The monoisotopic (exact) mass is 559 g/mol. The zero-order valence-electron chi connectivity index (χ0n) is 21.5. The van der Waals surface area contributed by atoms with Crippen molar-refractivity contribution in [2.45, 2.75) is 50.7 Å². The zero-order chi connectivity index (χ0) is 27.9. The molecule has 2 amide bonds. The molecule has 3 aromatic carbocycles. The van der Waals surface area contributed by atoms with Gasteiger partial charge >= 0.3 is 0 Å². The van der Waals surface area contributed by atoms with Crippen LogP contribution in [0.25, 0.3) is 0 Å². The van der Waals surface area contributed by atoms with Crippen LogP contribution in [0, 0.1) is 5.82 Å². The number of sulfonamides is 1. The van der Waals surface area contributed by atoms with Crippen molar-refractivity contribution in [3.8, 4) is 0 Å². The van der Waals surface area contributed by atoms with Gasteiger partial charge in [0, 0.05) is 12.6 Å². The van der Waals surface area contributed by atoms with E-state index < -0.39 is 34.3 Å². The van der Waals surface area contributed by atoms with E-state index in [1.165, 1.54) is 23.1 Å². The number of carbonyl (C=O) groups excluding carboxylic acids is 2. The van der Waals surface area contributed by atoms with Crippen LogP contribution in [0.5, 0.6) is 0 Å². The van der Waals surface area contributed by atoms with Crippen molar-refractivity contribution in [2.75, 3.05) is 10.8 Å². The number of amides is 2. The normalized spacial score (nSPS) is 12.9. The summed E-state index contributed by atoms with van der Waals surface area (Å²) in [7, 11) is -4.25. The van der Waals surface area contributed by atoms with Crippen LogP contribution in [-0.4, -0.2) is 43.8 Å². The first-order valence-corrected chi connectivity index (χ1v) is 14.0. The van der Waals surface area contributed by atoms with E-state index in [1.807, 2.05) is 44.2 Å². The minimum absolute atomic E-state index is 0.0185. The molecule has 0 fully saturated rings. The fourth-order valence-electron chi connectivity index (χ4n) is 3.72. The molecule has 10 heteroatoms. The van der Waals surface area contributed by atoms with Crippen LogP contribution in [0.15, 0.2) is 83.8 Å². The molecular weight excluding hydrogens is 529 g/mol. The SMILES string of the molecule is CCC(C)NC(=O)C(C)N(Cc1ccccc1)C(=O)CN(c1ccc(F)c(Cl)c1)S(=O)(=O)c1ccccc1. The van der Waals surface area contributed by atoms with Gasteiger partial charge in [-0.2, -0.15) is 0 Å². The molecule has 0 aliphatic carbocycles. The van der Waals surface area contributed by atoms with Crippen molar-refractivity contribution in [3.05, 3.63) is 95.3 Å². The first-order valence-electron chi connectivity index (χ1n) is 12.2. The third kappa shape index (κ3) is 7.11. The average molecular weight is 560 g/mol. The van der Waals surface area contributed by atoms with E-state index in [2.05, 4.69) is 5.32 Å². The fraction of sp³-hybridized carbons (Fsp3) is 0.286. The lowest BCUT2D eigenvalue weighted by molar-refractivity contribution is -0.139. The highest BCUT2D eigenvalue weighted by Gasteiger charge is 2.33. The average Bonchev–Trinajstić information content (AvgIpc) is 2.92. The highest BCUT2D eigenvalue weighted by atomic mass is 35.5. The number of carbonyl (C=O) groups is 2. The van der Waals surface area contributed by atoms with E-state index in [0.717, 1.165) is 22.0 Å². The van der Waals surface area contributed by atoms with E-state index in [1.54, 1.807) is 25.1 Å². The number of halogens is 2. The second kappa shape index (κ2) is 12.9. The summed E-state index contributed by atoms with van der Waals surface area (Å²) in [5.74, 6) is -1.69. The van der Waals surface area contributed by atoms with Gasteiger partial charge in [-0.25, -0.2) is 12.8 Å². The second-order valence-corrected chi connectivity index (χ2v) is 11.2. The van der Waals surface area contributed by atoms with Crippen LogP contribution < -0.4 is 9.62 Å². The number of benzene rings is 3. The van der Waals surface area contributed by atoms with E-state index in [0.29, 0.717) is 6.42 Å². The van der Waals surface area contributed by atoms with Crippen LogP contribution in [0.4, 0.5) is 10.1 Å². The molecule has 0 saturated heterocycles. The molecule has 0 spiro atoms. The summed E-state index contributed by atoms with van der Waals surface area (Å²) >= 11 is 5.97. The molecule has 0 saturated carbocycles. The minimum atomic E-state index is -4.25. The summed E-state index contributed by atoms with van der Waals surface area (Å²) in [6, 6.07) is 19.2. The lowest BCUT2D eigenvalue weighted by Gasteiger charge is -2.32. The first-order chi connectivity index (χ1) is 18.0. The molecule has 7 nitrogen and oxygen atoms in total. The Morgan fingerprint density at radius 1 is 0.974 bits per heavy atom. The number of anilines is 1. The zero-order valence-corrected chi connectivity index (χ0v) is 23.0. The standard InChI is InChI=1S/C28H31ClFN3O4S/c1-4-20(2)31-28(35)21(3)32(18-22-11-7-5-8-12-22)27(34)19-33(23-15-16-26(30)25(29)17-23)38(36,37)24-13-9-6-10-14-24/h5-17,20-21H,4,18-19H2,1-3H3,(H,31,35). The lowest BCUT2D eigenvalue weighted by atomic mass is 10.1. The van der Waals surface area contributed by atoms with Crippen molar-refractivity contribution in [3.63, 3.8) is 0 Å². The van der Waals surface area contributed by atoms with Crippen molar-refractivity contribution in [1.29, 1.82) is 0 Å².